The van der Waals surface area contributed by atoms with Gasteiger partial charge in [-0.25, -0.2) is 8.42 Å². The zero-order valence-electron chi connectivity index (χ0n) is 23.4. The van der Waals surface area contributed by atoms with Crippen LogP contribution in [-0.4, -0.2) is 62.8 Å². The first-order chi connectivity index (χ1) is 19.5. The summed E-state index contributed by atoms with van der Waals surface area (Å²) < 4.78 is 34.0. The molecule has 12 heteroatoms. The summed E-state index contributed by atoms with van der Waals surface area (Å²) in [5.41, 5.74) is 1.03. The molecule has 0 aromatic heterocycles. The first-order valence-electron chi connectivity index (χ1n) is 13.0. The predicted molar refractivity (Wildman–Crippen MR) is 155 cm³/mol. The monoisotopic (exact) mass is 582 g/mol. The number of carbonyl (C=O) groups excluding carboxylic acids is 2. The lowest BCUT2D eigenvalue weighted by atomic mass is 10.1. The number of methoxy groups -OCH3 is 1. The topological polar surface area (TPSA) is 139 Å². The quantitative estimate of drug-likeness (QED) is 0.239. The summed E-state index contributed by atoms with van der Waals surface area (Å²) in [6.45, 7) is 4.74. The Morgan fingerprint density at radius 3 is 2.29 bits per heavy atom. The molecule has 0 saturated carbocycles. The van der Waals surface area contributed by atoms with Gasteiger partial charge < -0.3 is 15.0 Å². The van der Waals surface area contributed by atoms with E-state index in [2.05, 4.69) is 5.32 Å². The van der Waals surface area contributed by atoms with Gasteiger partial charge in [0.15, 0.2) is 0 Å². The molecule has 0 saturated heterocycles. The standard InChI is InChI=1S/C29H34N4O7S/c1-5-30-29(35)22(3)31(18-17-23-9-7-6-8-10-23)28(34)20-32(24-12-14-25(40-4)15-13-24)41(38,39)26-16-11-21(2)27(19-26)33(36)37/h6-16,19,22H,5,17-18,20H2,1-4H3,(H,30,35)/t22-/m0/s1. The number of nitrogens with one attached hydrogen (secondary N) is 1. The van der Waals surface area contributed by atoms with Crippen LogP contribution in [0, 0.1) is 17.0 Å². The molecule has 0 radical (unpaired) electrons. The van der Waals surface area contributed by atoms with Crippen molar-refractivity contribution in [1.29, 1.82) is 0 Å². The normalized spacial score (nSPS) is 11.8. The number of nitro benzene ring substituents is 1. The van der Waals surface area contributed by atoms with Gasteiger partial charge in [-0.05, 0) is 63.1 Å². The Bertz CT molecular complexity index is 1480. The smallest absolute Gasteiger partial charge is 0.273 e. The van der Waals surface area contributed by atoms with Crippen LogP contribution in [0.5, 0.6) is 5.75 Å². The molecule has 0 fully saturated rings. The van der Waals surface area contributed by atoms with Crippen LogP contribution in [-0.2, 0) is 26.0 Å². The lowest BCUT2D eigenvalue weighted by molar-refractivity contribution is -0.385. The molecule has 3 aromatic carbocycles. The van der Waals surface area contributed by atoms with Gasteiger partial charge in [0.2, 0.25) is 11.8 Å². The maximum absolute atomic E-state index is 13.9. The van der Waals surface area contributed by atoms with Gasteiger partial charge in [0.05, 0.1) is 22.6 Å². The molecule has 1 atom stereocenters. The summed E-state index contributed by atoms with van der Waals surface area (Å²) in [6, 6.07) is 18.2. The molecule has 0 spiro atoms. The highest BCUT2D eigenvalue weighted by atomic mass is 32.2. The molecule has 0 heterocycles. The van der Waals surface area contributed by atoms with Gasteiger partial charge in [-0.15, -0.1) is 0 Å². The van der Waals surface area contributed by atoms with Crippen molar-refractivity contribution in [1.82, 2.24) is 10.2 Å². The van der Waals surface area contributed by atoms with Crippen molar-refractivity contribution in [2.45, 2.75) is 38.1 Å². The Balaban J connectivity index is 2.04. The third-order valence-electron chi connectivity index (χ3n) is 6.61. The van der Waals surface area contributed by atoms with Crippen molar-refractivity contribution in [3.05, 3.63) is 94.0 Å². The van der Waals surface area contributed by atoms with E-state index < -0.39 is 33.4 Å². The van der Waals surface area contributed by atoms with Crippen LogP contribution in [0.25, 0.3) is 0 Å². The highest BCUT2D eigenvalue weighted by Gasteiger charge is 2.33. The molecule has 2 amide bonds. The van der Waals surface area contributed by atoms with Gasteiger partial charge in [-0.1, -0.05) is 36.4 Å². The number of likely N-dealkylation sites (N-methyl/N-ethyl adjacent to an activating group) is 1. The number of nitrogens with zero attached hydrogens (tertiary/aromatic N) is 3. The summed E-state index contributed by atoms with van der Waals surface area (Å²) in [5, 5.41) is 14.3. The van der Waals surface area contributed by atoms with Crippen molar-refractivity contribution in [2.75, 3.05) is 31.0 Å². The van der Waals surface area contributed by atoms with E-state index in [1.54, 1.807) is 26.0 Å². The van der Waals surface area contributed by atoms with Gasteiger partial charge in [0, 0.05) is 24.7 Å². The number of amides is 2. The fraction of sp³-hybridized carbons (Fsp3) is 0.310. The van der Waals surface area contributed by atoms with Crippen LogP contribution in [0.1, 0.15) is 25.0 Å². The number of anilines is 1. The molecule has 0 aliphatic heterocycles. The summed E-state index contributed by atoms with van der Waals surface area (Å²) in [5.74, 6) is -0.514. The Labute approximate surface area is 239 Å². The first kappa shape index (κ1) is 31.1. The van der Waals surface area contributed by atoms with Crippen molar-refractivity contribution in [3.63, 3.8) is 0 Å². The number of carbonyl (C=O) groups is 2. The van der Waals surface area contributed by atoms with Crippen LogP contribution in [0.2, 0.25) is 0 Å². The minimum atomic E-state index is -4.46. The van der Waals surface area contributed by atoms with Crippen LogP contribution in [0.15, 0.2) is 77.7 Å². The molecule has 0 aliphatic carbocycles. The minimum absolute atomic E-state index is 0.149. The lowest BCUT2D eigenvalue weighted by Gasteiger charge is -2.32. The van der Waals surface area contributed by atoms with Crippen LogP contribution in [0.3, 0.4) is 0 Å². The van der Waals surface area contributed by atoms with Gasteiger partial charge in [0.25, 0.3) is 15.7 Å². The average Bonchev–Trinajstić information content (AvgIpc) is 2.96. The lowest BCUT2D eigenvalue weighted by Crippen LogP contribution is -2.52. The second-order valence-electron chi connectivity index (χ2n) is 9.31. The van der Waals surface area contributed by atoms with E-state index in [0.29, 0.717) is 24.3 Å². The Hall–Kier alpha value is -4.45. The van der Waals surface area contributed by atoms with E-state index in [1.807, 2.05) is 30.3 Å². The largest absolute Gasteiger partial charge is 0.497 e. The Morgan fingerprint density at radius 1 is 1.05 bits per heavy atom. The summed E-state index contributed by atoms with van der Waals surface area (Å²) in [7, 11) is -2.99. The maximum atomic E-state index is 13.9. The molecule has 11 nitrogen and oxygen atoms in total. The Kier molecular flexibility index (Phi) is 10.4. The number of ether oxygens (including phenoxy) is 1. The maximum Gasteiger partial charge on any atom is 0.273 e. The van der Waals surface area contributed by atoms with Gasteiger partial charge in [-0.3, -0.25) is 24.0 Å². The minimum Gasteiger partial charge on any atom is -0.497 e. The number of sulfonamides is 1. The molecule has 218 valence electrons. The van der Waals surface area contributed by atoms with Crippen molar-refractivity contribution >= 4 is 33.2 Å². The first-order valence-corrected chi connectivity index (χ1v) is 14.5. The molecule has 3 rings (SSSR count). The molecule has 41 heavy (non-hydrogen) atoms. The third kappa shape index (κ3) is 7.60. The average molecular weight is 583 g/mol. The molecule has 1 N–H and O–H groups in total. The van der Waals surface area contributed by atoms with E-state index in [-0.39, 0.29) is 28.7 Å². The predicted octanol–water partition coefficient (Wildman–Crippen LogP) is 3.70. The van der Waals surface area contributed by atoms with E-state index in [0.717, 1.165) is 15.9 Å². The van der Waals surface area contributed by atoms with Crippen LogP contribution in [0.4, 0.5) is 11.4 Å². The number of hydrogen-bond acceptors (Lipinski definition) is 7. The number of aryl methyl sites for hydroxylation is 1. The molecule has 0 aliphatic rings. The zero-order chi connectivity index (χ0) is 30.2. The summed E-state index contributed by atoms with van der Waals surface area (Å²) in [4.78, 5) is 38.5. The molecule has 0 unspecified atom stereocenters. The fourth-order valence-electron chi connectivity index (χ4n) is 4.24. The summed E-state index contributed by atoms with van der Waals surface area (Å²) in [6.07, 6.45) is 0.440. The Morgan fingerprint density at radius 2 is 1.71 bits per heavy atom. The van der Waals surface area contributed by atoms with Crippen molar-refractivity contribution < 1.29 is 27.7 Å². The number of rotatable bonds is 13. The molecular formula is C29H34N4O7S. The number of hydrogen-bond donors (Lipinski definition) is 1. The van der Waals surface area contributed by atoms with Crippen LogP contribution >= 0.6 is 0 Å². The zero-order valence-corrected chi connectivity index (χ0v) is 24.3. The molecule has 0 bridgehead atoms. The van der Waals surface area contributed by atoms with E-state index in [9.17, 15) is 28.1 Å². The number of benzene rings is 3. The van der Waals surface area contributed by atoms with Gasteiger partial charge in [-0.2, -0.15) is 0 Å². The highest BCUT2D eigenvalue weighted by Crippen LogP contribution is 2.29. The molecule has 3 aromatic rings. The van der Waals surface area contributed by atoms with E-state index in [1.165, 1.54) is 43.2 Å². The van der Waals surface area contributed by atoms with Crippen LogP contribution < -0.4 is 14.4 Å². The highest BCUT2D eigenvalue weighted by molar-refractivity contribution is 7.92. The van der Waals surface area contributed by atoms with E-state index >= 15 is 0 Å². The van der Waals surface area contributed by atoms with Crippen molar-refractivity contribution in [2.24, 2.45) is 0 Å². The summed E-state index contributed by atoms with van der Waals surface area (Å²) >= 11 is 0. The molecular weight excluding hydrogens is 548 g/mol. The fourth-order valence-corrected chi connectivity index (χ4v) is 5.68. The second kappa shape index (κ2) is 13.8. The van der Waals surface area contributed by atoms with Gasteiger partial charge in [0.1, 0.15) is 18.3 Å². The number of nitro groups is 1. The van der Waals surface area contributed by atoms with Gasteiger partial charge >= 0.3 is 0 Å². The SMILES string of the molecule is CCNC(=O)[C@H](C)N(CCc1ccccc1)C(=O)CN(c1ccc(OC)cc1)S(=O)(=O)c1ccc(C)c([N+](=O)[O-])c1. The van der Waals surface area contributed by atoms with Crippen molar-refractivity contribution in [3.8, 4) is 5.75 Å². The third-order valence-corrected chi connectivity index (χ3v) is 8.38. The second-order valence-corrected chi connectivity index (χ2v) is 11.2. The van der Waals surface area contributed by atoms with E-state index in [4.69, 9.17) is 4.74 Å².